The molecule has 0 spiro atoms. The SMILES string of the molecule is CS(=O)(=O)c1ccc(Br)c(C(=O)NC2CCc3ccccc3C2)c1. The van der Waals surface area contributed by atoms with Gasteiger partial charge in [0.25, 0.3) is 5.91 Å². The lowest BCUT2D eigenvalue weighted by Crippen LogP contribution is -2.39. The summed E-state index contributed by atoms with van der Waals surface area (Å²) in [5.74, 6) is -0.253. The number of benzene rings is 2. The van der Waals surface area contributed by atoms with E-state index in [4.69, 9.17) is 0 Å². The molecule has 1 atom stereocenters. The van der Waals surface area contributed by atoms with Crippen molar-refractivity contribution in [1.29, 1.82) is 0 Å². The maximum atomic E-state index is 12.6. The van der Waals surface area contributed by atoms with Gasteiger partial charge in [0.05, 0.1) is 10.5 Å². The Morgan fingerprint density at radius 1 is 1.17 bits per heavy atom. The molecule has 2 aromatic rings. The molecule has 1 unspecified atom stereocenters. The van der Waals surface area contributed by atoms with Crippen LogP contribution in [-0.2, 0) is 22.7 Å². The Bertz CT molecular complexity index is 893. The number of carbonyl (C=O) groups is 1. The number of nitrogens with one attached hydrogen (secondary N) is 1. The lowest BCUT2D eigenvalue weighted by atomic mass is 9.88. The van der Waals surface area contributed by atoms with Gasteiger partial charge in [0.1, 0.15) is 0 Å². The number of halogens is 1. The van der Waals surface area contributed by atoms with Crippen molar-refractivity contribution in [3.63, 3.8) is 0 Å². The Labute approximate surface area is 150 Å². The first-order chi connectivity index (χ1) is 11.3. The molecule has 1 aliphatic carbocycles. The van der Waals surface area contributed by atoms with Gasteiger partial charge in [0.2, 0.25) is 0 Å². The monoisotopic (exact) mass is 407 g/mol. The van der Waals surface area contributed by atoms with Crippen molar-refractivity contribution in [3.8, 4) is 0 Å². The third-order valence-corrected chi connectivity index (χ3v) is 6.09. The fraction of sp³-hybridized carbons (Fsp3) is 0.278. The van der Waals surface area contributed by atoms with Crippen molar-refractivity contribution in [3.05, 3.63) is 63.6 Å². The topological polar surface area (TPSA) is 63.2 Å². The Morgan fingerprint density at radius 2 is 1.88 bits per heavy atom. The van der Waals surface area contributed by atoms with E-state index in [1.807, 2.05) is 12.1 Å². The second-order valence-corrected chi connectivity index (χ2v) is 8.97. The summed E-state index contributed by atoms with van der Waals surface area (Å²) in [6.07, 6.45) is 3.75. The molecule has 0 bridgehead atoms. The molecule has 3 rings (SSSR count). The molecule has 2 aromatic carbocycles. The minimum absolute atomic E-state index is 0.0567. The zero-order chi connectivity index (χ0) is 17.3. The normalized spacial score (nSPS) is 17.2. The molecule has 0 aliphatic heterocycles. The van der Waals surface area contributed by atoms with Crippen LogP contribution in [0.25, 0.3) is 0 Å². The number of amides is 1. The molecule has 1 N–H and O–H groups in total. The van der Waals surface area contributed by atoms with Crippen LogP contribution in [0.4, 0.5) is 0 Å². The summed E-state index contributed by atoms with van der Waals surface area (Å²) >= 11 is 3.33. The van der Waals surface area contributed by atoms with Crippen LogP contribution in [0.5, 0.6) is 0 Å². The molecule has 0 saturated heterocycles. The van der Waals surface area contributed by atoms with Gasteiger partial charge in [-0.3, -0.25) is 4.79 Å². The van der Waals surface area contributed by atoms with Crippen LogP contribution in [0.3, 0.4) is 0 Å². The number of aryl methyl sites for hydroxylation is 1. The molecular formula is C18H18BrNO3S. The highest BCUT2D eigenvalue weighted by molar-refractivity contribution is 9.10. The van der Waals surface area contributed by atoms with Crippen molar-refractivity contribution in [2.75, 3.05) is 6.26 Å². The van der Waals surface area contributed by atoms with E-state index >= 15 is 0 Å². The highest BCUT2D eigenvalue weighted by Gasteiger charge is 2.22. The quantitative estimate of drug-likeness (QED) is 0.849. The molecule has 6 heteroatoms. The summed E-state index contributed by atoms with van der Waals surface area (Å²) in [7, 11) is -3.35. The highest BCUT2D eigenvalue weighted by atomic mass is 79.9. The predicted molar refractivity (Wildman–Crippen MR) is 97.0 cm³/mol. The second-order valence-electron chi connectivity index (χ2n) is 6.10. The van der Waals surface area contributed by atoms with E-state index in [1.54, 1.807) is 6.07 Å². The van der Waals surface area contributed by atoms with Gasteiger partial charge >= 0.3 is 0 Å². The Hall–Kier alpha value is -1.66. The fourth-order valence-corrected chi connectivity index (χ4v) is 4.07. The first-order valence-electron chi connectivity index (χ1n) is 7.72. The number of fused-ring (bicyclic) bond motifs is 1. The average Bonchev–Trinajstić information content (AvgIpc) is 2.54. The smallest absolute Gasteiger partial charge is 0.252 e. The van der Waals surface area contributed by atoms with Crippen LogP contribution in [0.15, 0.2) is 51.8 Å². The highest BCUT2D eigenvalue weighted by Crippen LogP contribution is 2.24. The van der Waals surface area contributed by atoms with Gasteiger partial charge in [-0.2, -0.15) is 0 Å². The predicted octanol–water partition coefficient (Wildman–Crippen LogP) is 3.14. The fourth-order valence-electron chi connectivity index (χ4n) is 2.99. The molecule has 24 heavy (non-hydrogen) atoms. The van der Waals surface area contributed by atoms with Crippen molar-refractivity contribution >= 4 is 31.7 Å². The first-order valence-corrected chi connectivity index (χ1v) is 10.4. The van der Waals surface area contributed by atoms with E-state index in [2.05, 4.69) is 33.4 Å². The van der Waals surface area contributed by atoms with Gasteiger partial charge in [-0.05, 0) is 64.5 Å². The summed E-state index contributed by atoms with van der Waals surface area (Å²) in [5, 5.41) is 3.03. The van der Waals surface area contributed by atoms with Crippen molar-refractivity contribution in [1.82, 2.24) is 5.32 Å². The number of sulfone groups is 1. The summed E-state index contributed by atoms with van der Waals surface area (Å²) < 4.78 is 24.0. The zero-order valence-corrected chi connectivity index (χ0v) is 15.7. The molecule has 0 radical (unpaired) electrons. The van der Waals surface area contributed by atoms with Crippen LogP contribution in [0.2, 0.25) is 0 Å². The number of carbonyl (C=O) groups excluding carboxylic acids is 1. The van der Waals surface area contributed by atoms with Crippen LogP contribution < -0.4 is 5.32 Å². The molecule has 1 amide bonds. The van der Waals surface area contributed by atoms with Gasteiger partial charge in [-0.25, -0.2) is 8.42 Å². The van der Waals surface area contributed by atoms with E-state index in [0.717, 1.165) is 25.5 Å². The molecule has 0 fully saturated rings. The molecule has 126 valence electrons. The van der Waals surface area contributed by atoms with Crippen LogP contribution in [0, 0.1) is 0 Å². The largest absolute Gasteiger partial charge is 0.349 e. The van der Waals surface area contributed by atoms with Gasteiger partial charge in [-0.15, -0.1) is 0 Å². The summed E-state index contributed by atoms with van der Waals surface area (Å²) in [4.78, 5) is 12.7. The van der Waals surface area contributed by atoms with Gasteiger partial charge in [0, 0.05) is 16.8 Å². The van der Waals surface area contributed by atoms with Crippen LogP contribution >= 0.6 is 15.9 Å². The van der Waals surface area contributed by atoms with E-state index in [1.165, 1.54) is 23.3 Å². The molecule has 0 heterocycles. The van der Waals surface area contributed by atoms with Crippen molar-refractivity contribution in [2.45, 2.75) is 30.2 Å². The summed E-state index contributed by atoms with van der Waals surface area (Å²) in [6, 6.07) is 12.8. The van der Waals surface area contributed by atoms with E-state index < -0.39 is 9.84 Å². The number of hydrogen-bond acceptors (Lipinski definition) is 3. The van der Waals surface area contributed by atoms with Crippen molar-refractivity contribution < 1.29 is 13.2 Å². The maximum absolute atomic E-state index is 12.6. The lowest BCUT2D eigenvalue weighted by molar-refractivity contribution is 0.0932. The van der Waals surface area contributed by atoms with E-state index in [0.29, 0.717) is 10.0 Å². The minimum Gasteiger partial charge on any atom is -0.349 e. The van der Waals surface area contributed by atoms with E-state index in [9.17, 15) is 13.2 Å². The Kier molecular flexibility index (Phi) is 4.78. The van der Waals surface area contributed by atoms with Gasteiger partial charge in [0.15, 0.2) is 9.84 Å². The van der Waals surface area contributed by atoms with Crippen LogP contribution in [-0.4, -0.2) is 26.6 Å². The molecule has 4 nitrogen and oxygen atoms in total. The first kappa shape index (κ1) is 17.2. The standard InChI is InChI=1S/C18H18BrNO3S/c1-24(22,23)15-8-9-17(19)16(11-15)18(21)20-14-7-6-12-4-2-3-5-13(12)10-14/h2-5,8-9,11,14H,6-7,10H2,1H3,(H,20,21). The zero-order valence-electron chi connectivity index (χ0n) is 13.3. The lowest BCUT2D eigenvalue weighted by Gasteiger charge is -2.25. The Morgan fingerprint density at radius 3 is 2.58 bits per heavy atom. The van der Waals surface area contributed by atoms with Crippen molar-refractivity contribution in [2.24, 2.45) is 0 Å². The van der Waals surface area contributed by atoms with Crippen LogP contribution in [0.1, 0.15) is 27.9 Å². The Balaban J connectivity index is 1.79. The van der Waals surface area contributed by atoms with Gasteiger partial charge in [-0.1, -0.05) is 24.3 Å². The summed E-state index contributed by atoms with van der Waals surface area (Å²) in [5.41, 5.74) is 2.94. The molecule has 0 saturated carbocycles. The molecule has 1 aliphatic rings. The molecule has 0 aromatic heterocycles. The third-order valence-electron chi connectivity index (χ3n) is 4.29. The van der Waals surface area contributed by atoms with Gasteiger partial charge < -0.3 is 5.32 Å². The molecular weight excluding hydrogens is 390 g/mol. The average molecular weight is 408 g/mol. The number of rotatable bonds is 3. The minimum atomic E-state index is -3.35. The van der Waals surface area contributed by atoms with E-state index in [-0.39, 0.29) is 16.8 Å². The third kappa shape index (κ3) is 3.70. The number of hydrogen-bond donors (Lipinski definition) is 1. The summed E-state index contributed by atoms with van der Waals surface area (Å²) in [6.45, 7) is 0. The maximum Gasteiger partial charge on any atom is 0.252 e. The second kappa shape index (κ2) is 6.69.